The zero-order valence-corrected chi connectivity index (χ0v) is 16.5. The fourth-order valence-electron chi connectivity index (χ4n) is 3.07. The molecule has 2 aromatic rings. The summed E-state index contributed by atoms with van der Waals surface area (Å²) in [6.07, 6.45) is 0. The van der Waals surface area contributed by atoms with E-state index in [1.54, 1.807) is 11.0 Å². The molecule has 1 heterocycles. The van der Waals surface area contributed by atoms with E-state index in [0.29, 0.717) is 5.69 Å². The number of nitrogens with one attached hydrogen (secondary N) is 2. The maximum absolute atomic E-state index is 12.1. The summed E-state index contributed by atoms with van der Waals surface area (Å²) in [6.45, 7) is 4.00. The number of amides is 2. The number of nitro benzene ring substituents is 1. The van der Waals surface area contributed by atoms with E-state index in [9.17, 15) is 14.9 Å². The molecular weight excluding hydrogens is 388 g/mol. The quantitative estimate of drug-likeness (QED) is 0.435. The lowest BCUT2D eigenvalue weighted by molar-refractivity contribution is -0.384. The molecule has 1 aliphatic rings. The number of carbonyl (C=O) groups excluding carboxylic acids is 1. The molecule has 0 aliphatic carbocycles. The van der Waals surface area contributed by atoms with Gasteiger partial charge < -0.3 is 22.1 Å². The van der Waals surface area contributed by atoms with Crippen molar-refractivity contribution < 1.29 is 9.72 Å². The average Bonchev–Trinajstić information content (AvgIpc) is 2.66. The largest absolute Gasteiger partial charge is 0.369 e. The van der Waals surface area contributed by atoms with Crippen molar-refractivity contribution in [1.29, 1.82) is 0 Å². The smallest absolute Gasteiger partial charge is 0.319 e. The first-order valence-corrected chi connectivity index (χ1v) is 9.04. The Bertz CT molecular complexity index is 1030. The molecule has 0 unspecified atom stereocenters. The Hall–Kier alpha value is -4.15. The molecule has 2 amide bonds. The standard InChI is InChI=1S/C19H22N8O3/c1-19(2)25-16(20)24-17(21)26(19)14-8-6-12(7-9-14)11-22-18(28)23-13-4-3-5-15(10-13)27(29)30/h3-10H,11H2,1-2H3,(H2,22,23,28)(H4,20,21,24,25). The maximum atomic E-state index is 12.1. The molecular formula is C19H22N8O3. The van der Waals surface area contributed by atoms with Crippen molar-refractivity contribution in [3.63, 3.8) is 0 Å². The molecule has 0 saturated heterocycles. The number of nitrogens with zero attached hydrogens (tertiary/aromatic N) is 4. The minimum Gasteiger partial charge on any atom is -0.369 e. The third-order valence-corrected chi connectivity index (χ3v) is 4.36. The SMILES string of the molecule is CC1(C)N=C(N)N=C(N)N1c1ccc(CNC(=O)Nc2cccc([N+](=O)[O-])c2)cc1. The lowest BCUT2D eigenvalue weighted by Gasteiger charge is -2.38. The number of aliphatic imine (C=N–C) groups is 2. The number of guanidine groups is 2. The Morgan fingerprint density at radius 3 is 2.53 bits per heavy atom. The first-order valence-electron chi connectivity index (χ1n) is 9.04. The van der Waals surface area contributed by atoms with Gasteiger partial charge in [0.25, 0.3) is 5.69 Å². The van der Waals surface area contributed by atoms with Crippen LogP contribution in [0.15, 0.2) is 58.5 Å². The number of urea groups is 1. The molecule has 156 valence electrons. The highest BCUT2D eigenvalue weighted by Gasteiger charge is 2.32. The number of hydrogen-bond donors (Lipinski definition) is 4. The second kappa shape index (κ2) is 8.07. The van der Waals surface area contributed by atoms with Gasteiger partial charge in [0.15, 0.2) is 0 Å². The molecule has 3 rings (SSSR count). The Morgan fingerprint density at radius 2 is 1.90 bits per heavy atom. The molecule has 0 spiro atoms. The molecule has 11 heteroatoms. The van der Waals surface area contributed by atoms with E-state index < -0.39 is 16.6 Å². The van der Waals surface area contributed by atoms with Crippen LogP contribution in [0.2, 0.25) is 0 Å². The van der Waals surface area contributed by atoms with Crippen molar-refractivity contribution in [3.05, 3.63) is 64.2 Å². The first-order chi connectivity index (χ1) is 14.2. The van der Waals surface area contributed by atoms with Gasteiger partial charge in [0, 0.05) is 30.1 Å². The monoisotopic (exact) mass is 410 g/mol. The van der Waals surface area contributed by atoms with Gasteiger partial charge in [-0.3, -0.25) is 15.0 Å². The fraction of sp³-hybridized carbons (Fsp3) is 0.211. The number of nitrogens with two attached hydrogens (primary N) is 2. The molecule has 2 aromatic carbocycles. The first kappa shape index (κ1) is 20.6. The lowest BCUT2D eigenvalue weighted by atomic mass is 10.1. The van der Waals surface area contributed by atoms with Crippen LogP contribution < -0.4 is 27.0 Å². The Labute approximate surface area is 172 Å². The predicted octanol–water partition coefficient (Wildman–Crippen LogP) is 2.10. The van der Waals surface area contributed by atoms with Crippen LogP contribution in [0.5, 0.6) is 0 Å². The molecule has 30 heavy (non-hydrogen) atoms. The highest BCUT2D eigenvalue weighted by atomic mass is 16.6. The summed E-state index contributed by atoms with van der Waals surface area (Å²) in [6, 6.07) is 12.6. The van der Waals surface area contributed by atoms with E-state index in [1.807, 2.05) is 38.1 Å². The van der Waals surface area contributed by atoms with Gasteiger partial charge in [-0.15, -0.1) is 0 Å². The number of benzene rings is 2. The summed E-state index contributed by atoms with van der Waals surface area (Å²) >= 11 is 0. The molecule has 1 aliphatic heterocycles. The number of anilines is 2. The maximum Gasteiger partial charge on any atom is 0.319 e. The van der Waals surface area contributed by atoms with Gasteiger partial charge in [0.2, 0.25) is 11.9 Å². The van der Waals surface area contributed by atoms with E-state index in [0.717, 1.165) is 11.3 Å². The van der Waals surface area contributed by atoms with Crippen LogP contribution >= 0.6 is 0 Å². The van der Waals surface area contributed by atoms with Crippen molar-refractivity contribution in [2.75, 3.05) is 10.2 Å². The Balaban J connectivity index is 1.61. The summed E-state index contributed by atoms with van der Waals surface area (Å²) < 4.78 is 0. The van der Waals surface area contributed by atoms with Crippen LogP contribution in [-0.2, 0) is 6.54 Å². The summed E-state index contributed by atoms with van der Waals surface area (Å²) in [5.74, 6) is 0.374. The van der Waals surface area contributed by atoms with Crippen molar-refractivity contribution in [2.45, 2.75) is 26.1 Å². The van der Waals surface area contributed by atoms with Crippen LogP contribution in [0.3, 0.4) is 0 Å². The molecule has 0 aromatic heterocycles. The van der Waals surface area contributed by atoms with Crippen LogP contribution in [-0.4, -0.2) is 28.5 Å². The lowest BCUT2D eigenvalue weighted by Crippen LogP contribution is -2.54. The van der Waals surface area contributed by atoms with Gasteiger partial charge in [0.1, 0.15) is 5.66 Å². The third kappa shape index (κ3) is 4.63. The van der Waals surface area contributed by atoms with E-state index >= 15 is 0 Å². The van der Waals surface area contributed by atoms with Gasteiger partial charge in [-0.1, -0.05) is 18.2 Å². The number of non-ortho nitro benzene ring substituents is 1. The summed E-state index contributed by atoms with van der Waals surface area (Å²) in [5.41, 5.74) is 12.9. The third-order valence-electron chi connectivity index (χ3n) is 4.36. The van der Waals surface area contributed by atoms with Crippen molar-refractivity contribution in [1.82, 2.24) is 5.32 Å². The van der Waals surface area contributed by atoms with Crippen LogP contribution in [0, 0.1) is 10.1 Å². The van der Waals surface area contributed by atoms with Gasteiger partial charge in [-0.25, -0.2) is 9.79 Å². The van der Waals surface area contributed by atoms with Gasteiger partial charge in [0.05, 0.1) is 4.92 Å². The van der Waals surface area contributed by atoms with Crippen molar-refractivity contribution in [2.24, 2.45) is 21.5 Å². The Morgan fingerprint density at radius 1 is 1.20 bits per heavy atom. The molecule has 0 atom stereocenters. The van der Waals surface area contributed by atoms with E-state index in [1.165, 1.54) is 18.2 Å². The van der Waals surface area contributed by atoms with E-state index in [2.05, 4.69) is 20.6 Å². The minimum absolute atomic E-state index is 0.0991. The number of rotatable bonds is 5. The zero-order chi connectivity index (χ0) is 21.9. The zero-order valence-electron chi connectivity index (χ0n) is 16.5. The number of nitro groups is 1. The highest BCUT2D eigenvalue weighted by molar-refractivity contribution is 6.05. The normalized spacial score (nSPS) is 15.1. The second-order valence-corrected chi connectivity index (χ2v) is 7.05. The van der Waals surface area contributed by atoms with E-state index in [4.69, 9.17) is 11.5 Å². The highest BCUT2D eigenvalue weighted by Crippen LogP contribution is 2.27. The van der Waals surface area contributed by atoms with Crippen LogP contribution in [0.1, 0.15) is 19.4 Å². The van der Waals surface area contributed by atoms with Crippen LogP contribution in [0.4, 0.5) is 21.9 Å². The molecule has 0 bridgehead atoms. The molecule has 0 radical (unpaired) electrons. The number of hydrogen-bond acceptors (Lipinski definition) is 8. The molecule has 0 fully saturated rings. The number of carbonyl (C=O) groups is 1. The Kier molecular flexibility index (Phi) is 5.54. The predicted molar refractivity (Wildman–Crippen MR) is 115 cm³/mol. The van der Waals surface area contributed by atoms with Gasteiger partial charge in [-0.2, -0.15) is 4.99 Å². The average molecular weight is 410 g/mol. The van der Waals surface area contributed by atoms with Crippen molar-refractivity contribution in [3.8, 4) is 0 Å². The molecule has 6 N–H and O–H groups in total. The summed E-state index contributed by atoms with van der Waals surface area (Å²) in [7, 11) is 0. The van der Waals surface area contributed by atoms with Crippen LogP contribution in [0.25, 0.3) is 0 Å². The topological polar surface area (TPSA) is 164 Å². The minimum atomic E-state index is -0.687. The van der Waals surface area contributed by atoms with E-state index in [-0.39, 0.29) is 24.2 Å². The fourth-order valence-corrected chi connectivity index (χ4v) is 3.07. The van der Waals surface area contributed by atoms with Gasteiger partial charge >= 0.3 is 6.03 Å². The second-order valence-electron chi connectivity index (χ2n) is 7.05. The van der Waals surface area contributed by atoms with Gasteiger partial charge in [-0.05, 0) is 37.6 Å². The molecule has 11 nitrogen and oxygen atoms in total. The molecule has 0 saturated carbocycles. The summed E-state index contributed by atoms with van der Waals surface area (Å²) in [4.78, 5) is 32.5. The van der Waals surface area contributed by atoms with Crippen molar-refractivity contribution >= 4 is 35.0 Å². The summed E-state index contributed by atoms with van der Waals surface area (Å²) in [5, 5.41) is 16.1.